The first-order chi connectivity index (χ1) is 9.75. The van der Waals surface area contributed by atoms with Crippen LogP contribution in [-0.4, -0.2) is 26.3 Å². The minimum atomic E-state index is 0.535. The van der Waals surface area contributed by atoms with Crippen LogP contribution >= 0.6 is 0 Å². The summed E-state index contributed by atoms with van der Waals surface area (Å²) in [5, 5.41) is 3.05. The number of benzene rings is 1. The number of methoxy groups -OCH3 is 2. The van der Waals surface area contributed by atoms with E-state index in [0.717, 1.165) is 5.69 Å². The van der Waals surface area contributed by atoms with Crippen LogP contribution in [0, 0.1) is 0 Å². The van der Waals surface area contributed by atoms with Crippen molar-refractivity contribution in [2.45, 2.75) is 6.54 Å². The summed E-state index contributed by atoms with van der Waals surface area (Å²) in [6.45, 7) is 0.693. The largest absolute Gasteiger partial charge is 0.496 e. The SMILES string of the molecule is CNCc1cccc(Oc2cc(OC)cc(OC)c2)n1. The van der Waals surface area contributed by atoms with Gasteiger partial charge in [0, 0.05) is 30.8 Å². The summed E-state index contributed by atoms with van der Waals surface area (Å²) in [4.78, 5) is 4.40. The number of hydrogen-bond donors (Lipinski definition) is 1. The summed E-state index contributed by atoms with van der Waals surface area (Å²) in [5.74, 6) is 2.50. The number of hydrogen-bond acceptors (Lipinski definition) is 5. The van der Waals surface area contributed by atoms with E-state index in [9.17, 15) is 0 Å². The third kappa shape index (κ3) is 3.61. The Balaban J connectivity index is 2.22. The number of nitrogens with one attached hydrogen (secondary N) is 1. The maximum Gasteiger partial charge on any atom is 0.219 e. The molecule has 0 fully saturated rings. The molecule has 0 unspecified atom stereocenters. The third-order valence-electron chi connectivity index (χ3n) is 2.69. The summed E-state index contributed by atoms with van der Waals surface area (Å²) >= 11 is 0. The second-order valence-corrected chi connectivity index (χ2v) is 4.15. The number of nitrogens with zero attached hydrogens (tertiary/aromatic N) is 1. The molecular formula is C15H18N2O3. The van der Waals surface area contributed by atoms with E-state index in [1.165, 1.54) is 0 Å². The first-order valence-electron chi connectivity index (χ1n) is 6.26. The summed E-state index contributed by atoms with van der Waals surface area (Å²) in [6.07, 6.45) is 0. The van der Waals surface area contributed by atoms with E-state index in [2.05, 4.69) is 10.3 Å². The van der Waals surface area contributed by atoms with Crippen LogP contribution in [0.4, 0.5) is 0 Å². The molecule has 0 aliphatic heterocycles. The average Bonchev–Trinajstić information content (AvgIpc) is 2.47. The second-order valence-electron chi connectivity index (χ2n) is 4.15. The molecule has 1 heterocycles. The molecule has 1 aromatic carbocycles. The van der Waals surface area contributed by atoms with Crippen LogP contribution in [0.5, 0.6) is 23.1 Å². The van der Waals surface area contributed by atoms with Crippen LogP contribution in [0.15, 0.2) is 36.4 Å². The number of pyridine rings is 1. The number of rotatable bonds is 6. The first-order valence-corrected chi connectivity index (χ1v) is 6.26. The maximum atomic E-state index is 5.75. The minimum Gasteiger partial charge on any atom is -0.496 e. The van der Waals surface area contributed by atoms with Gasteiger partial charge < -0.3 is 19.5 Å². The molecule has 2 aromatic rings. The molecule has 106 valence electrons. The van der Waals surface area contributed by atoms with Gasteiger partial charge in [-0.1, -0.05) is 6.07 Å². The van der Waals surface area contributed by atoms with Crippen molar-refractivity contribution in [1.29, 1.82) is 0 Å². The standard InChI is InChI=1S/C15H18N2O3/c1-16-10-11-5-4-6-15(17-11)20-14-8-12(18-2)7-13(9-14)19-3/h4-9,16H,10H2,1-3H3. The van der Waals surface area contributed by atoms with Crippen molar-refractivity contribution in [3.8, 4) is 23.1 Å². The van der Waals surface area contributed by atoms with Crippen molar-refractivity contribution < 1.29 is 14.2 Å². The Hall–Kier alpha value is -2.27. The van der Waals surface area contributed by atoms with Gasteiger partial charge in [-0.25, -0.2) is 4.98 Å². The highest BCUT2D eigenvalue weighted by molar-refractivity contribution is 5.43. The quantitative estimate of drug-likeness (QED) is 0.877. The normalized spacial score (nSPS) is 10.2. The Morgan fingerprint density at radius 3 is 2.25 bits per heavy atom. The number of aromatic nitrogens is 1. The lowest BCUT2D eigenvalue weighted by Crippen LogP contribution is -2.06. The Morgan fingerprint density at radius 2 is 1.65 bits per heavy atom. The van der Waals surface area contributed by atoms with Gasteiger partial charge in [0.1, 0.15) is 17.2 Å². The molecule has 0 amide bonds. The lowest BCUT2D eigenvalue weighted by molar-refractivity contribution is 0.385. The van der Waals surface area contributed by atoms with Crippen molar-refractivity contribution >= 4 is 0 Å². The van der Waals surface area contributed by atoms with Gasteiger partial charge in [0.15, 0.2) is 0 Å². The van der Waals surface area contributed by atoms with E-state index in [1.54, 1.807) is 32.4 Å². The van der Waals surface area contributed by atoms with Crippen molar-refractivity contribution in [3.05, 3.63) is 42.1 Å². The van der Waals surface area contributed by atoms with E-state index in [0.29, 0.717) is 29.7 Å². The molecule has 0 radical (unpaired) electrons. The maximum absolute atomic E-state index is 5.75. The lowest BCUT2D eigenvalue weighted by atomic mass is 10.3. The van der Waals surface area contributed by atoms with Crippen LogP contribution < -0.4 is 19.5 Å². The highest BCUT2D eigenvalue weighted by Gasteiger charge is 2.05. The Bertz CT molecular complexity index is 551. The van der Waals surface area contributed by atoms with Crippen molar-refractivity contribution in [2.24, 2.45) is 0 Å². The Kier molecular flexibility index (Phi) is 4.79. The van der Waals surface area contributed by atoms with E-state index in [-0.39, 0.29) is 0 Å². The zero-order chi connectivity index (χ0) is 14.4. The topological polar surface area (TPSA) is 52.6 Å². The zero-order valence-electron chi connectivity index (χ0n) is 11.8. The molecule has 0 aliphatic rings. The fourth-order valence-corrected chi connectivity index (χ4v) is 1.75. The molecule has 1 N–H and O–H groups in total. The molecule has 20 heavy (non-hydrogen) atoms. The molecule has 5 nitrogen and oxygen atoms in total. The van der Waals surface area contributed by atoms with Crippen LogP contribution in [0.1, 0.15) is 5.69 Å². The number of ether oxygens (including phenoxy) is 3. The Morgan fingerprint density at radius 1 is 1.00 bits per heavy atom. The fraction of sp³-hybridized carbons (Fsp3) is 0.267. The molecule has 0 aliphatic carbocycles. The van der Waals surface area contributed by atoms with Gasteiger partial charge in [0.2, 0.25) is 5.88 Å². The van der Waals surface area contributed by atoms with E-state index in [1.807, 2.05) is 25.2 Å². The highest BCUT2D eigenvalue weighted by atomic mass is 16.5. The van der Waals surface area contributed by atoms with E-state index in [4.69, 9.17) is 14.2 Å². The monoisotopic (exact) mass is 274 g/mol. The molecule has 1 aromatic heterocycles. The van der Waals surface area contributed by atoms with Gasteiger partial charge in [-0.2, -0.15) is 0 Å². The van der Waals surface area contributed by atoms with Crippen LogP contribution in [0.25, 0.3) is 0 Å². The van der Waals surface area contributed by atoms with Gasteiger partial charge in [0.05, 0.1) is 19.9 Å². The Labute approximate surface area is 118 Å². The smallest absolute Gasteiger partial charge is 0.219 e. The molecule has 0 saturated carbocycles. The molecule has 0 spiro atoms. The van der Waals surface area contributed by atoms with Crippen molar-refractivity contribution in [1.82, 2.24) is 10.3 Å². The third-order valence-corrected chi connectivity index (χ3v) is 2.69. The molecule has 2 rings (SSSR count). The minimum absolute atomic E-state index is 0.535. The second kappa shape index (κ2) is 6.77. The van der Waals surface area contributed by atoms with Gasteiger partial charge in [0.25, 0.3) is 0 Å². The summed E-state index contributed by atoms with van der Waals surface area (Å²) in [5.41, 5.74) is 0.917. The summed E-state index contributed by atoms with van der Waals surface area (Å²) in [6, 6.07) is 11.0. The predicted molar refractivity (Wildman–Crippen MR) is 76.6 cm³/mol. The molecule has 0 saturated heterocycles. The average molecular weight is 274 g/mol. The highest BCUT2D eigenvalue weighted by Crippen LogP contribution is 2.30. The first kappa shape index (κ1) is 14.1. The summed E-state index contributed by atoms with van der Waals surface area (Å²) in [7, 11) is 5.08. The van der Waals surface area contributed by atoms with Gasteiger partial charge in [-0.3, -0.25) is 0 Å². The van der Waals surface area contributed by atoms with Crippen molar-refractivity contribution in [3.63, 3.8) is 0 Å². The predicted octanol–water partition coefficient (Wildman–Crippen LogP) is 2.61. The lowest BCUT2D eigenvalue weighted by Gasteiger charge is -2.10. The fourth-order valence-electron chi connectivity index (χ4n) is 1.75. The van der Waals surface area contributed by atoms with E-state index >= 15 is 0 Å². The molecule has 0 bridgehead atoms. The van der Waals surface area contributed by atoms with Crippen molar-refractivity contribution in [2.75, 3.05) is 21.3 Å². The van der Waals surface area contributed by atoms with Crippen LogP contribution in [-0.2, 0) is 6.54 Å². The zero-order valence-corrected chi connectivity index (χ0v) is 11.8. The van der Waals surface area contributed by atoms with E-state index < -0.39 is 0 Å². The molecular weight excluding hydrogens is 256 g/mol. The van der Waals surface area contributed by atoms with Gasteiger partial charge >= 0.3 is 0 Å². The van der Waals surface area contributed by atoms with Crippen LogP contribution in [0.3, 0.4) is 0 Å². The molecule has 5 heteroatoms. The molecule has 0 atom stereocenters. The van der Waals surface area contributed by atoms with Gasteiger partial charge in [-0.15, -0.1) is 0 Å². The summed E-state index contributed by atoms with van der Waals surface area (Å²) < 4.78 is 16.2. The van der Waals surface area contributed by atoms with Gasteiger partial charge in [-0.05, 0) is 13.1 Å². The van der Waals surface area contributed by atoms with Crippen LogP contribution in [0.2, 0.25) is 0 Å².